The zero-order valence-corrected chi connectivity index (χ0v) is 15.6. The first kappa shape index (κ1) is 18.3. The van der Waals surface area contributed by atoms with Gasteiger partial charge in [0, 0.05) is 32.4 Å². The molecule has 5 nitrogen and oxygen atoms in total. The quantitative estimate of drug-likeness (QED) is 0.861. The molecule has 2 aliphatic rings. The Kier molecular flexibility index (Phi) is 6.07. The minimum absolute atomic E-state index is 0.0511. The third-order valence-electron chi connectivity index (χ3n) is 5.99. The van der Waals surface area contributed by atoms with Crippen molar-refractivity contribution in [3.8, 4) is 0 Å². The van der Waals surface area contributed by atoms with Crippen LogP contribution in [0.4, 0.5) is 0 Å². The summed E-state index contributed by atoms with van der Waals surface area (Å²) in [6.07, 6.45) is 6.83. The predicted molar refractivity (Wildman–Crippen MR) is 98.4 cm³/mol. The first-order valence-electron chi connectivity index (χ1n) is 9.62. The molecule has 138 valence electrons. The number of carbonyl (C=O) groups excluding carboxylic acids is 1. The molecule has 0 bridgehead atoms. The number of amides is 1. The first-order valence-corrected chi connectivity index (χ1v) is 9.62. The number of carbonyl (C=O) groups is 1. The summed E-state index contributed by atoms with van der Waals surface area (Å²) in [6, 6.07) is 3.87. The molecule has 1 aromatic heterocycles. The van der Waals surface area contributed by atoms with Gasteiger partial charge in [-0.3, -0.25) is 14.7 Å². The topological polar surface area (TPSA) is 54.5 Å². The monoisotopic (exact) mass is 345 g/mol. The molecule has 0 aromatic carbocycles. The normalized spacial score (nSPS) is 20.8. The van der Waals surface area contributed by atoms with Crippen LogP contribution in [0.1, 0.15) is 55.6 Å². The Balaban J connectivity index is 1.53. The van der Waals surface area contributed by atoms with Gasteiger partial charge in [-0.1, -0.05) is 32.8 Å². The van der Waals surface area contributed by atoms with E-state index in [-0.39, 0.29) is 11.3 Å². The Labute approximate surface area is 151 Å². The fraction of sp³-hybridized carbons (Fsp3) is 0.700. The average molecular weight is 345 g/mol. The number of pyridine rings is 1. The van der Waals surface area contributed by atoms with Crippen LogP contribution in [0.5, 0.6) is 0 Å². The maximum atomic E-state index is 12.5. The summed E-state index contributed by atoms with van der Waals surface area (Å²) in [4.78, 5) is 19.2. The maximum Gasteiger partial charge on any atom is 0.269 e. The van der Waals surface area contributed by atoms with Gasteiger partial charge in [-0.15, -0.1) is 0 Å². The molecule has 1 saturated heterocycles. The van der Waals surface area contributed by atoms with E-state index in [1.54, 1.807) is 0 Å². The number of hydrogen-bond acceptors (Lipinski definition) is 4. The Morgan fingerprint density at radius 2 is 2.00 bits per heavy atom. The second-order valence-electron chi connectivity index (χ2n) is 7.85. The lowest BCUT2D eigenvalue weighted by Crippen LogP contribution is -2.39. The van der Waals surface area contributed by atoms with E-state index in [0.29, 0.717) is 11.6 Å². The summed E-state index contributed by atoms with van der Waals surface area (Å²) in [7, 11) is 0. The molecule has 0 radical (unpaired) electrons. The fourth-order valence-corrected chi connectivity index (χ4v) is 4.05. The SMILES string of the molecule is CC(C)C1(CNC(=O)c2ccc(CN3CCOCC3)cn2)CCCC1. The van der Waals surface area contributed by atoms with Crippen LogP contribution >= 0.6 is 0 Å². The molecule has 1 aliphatic carbocycles. The van der Waals surface area contributed by atoms with Gasteiger partial charge in [0.2, 0.25) is 0 Å². The summed E-state index contributed by atoms with van der Waals surface area (Å²) >= 11 is 0. The lowest BCUT2D eigenvalue weighted by molar-refractivity contribution is 0.0341. The molecule has 2 fully saturated rings. The number of rotatable bonds is 6. The largest absolute Gasteiger partial charge is 0.379 e. The van der Waals surface area contributed by atoms with E-state index in [4.69, 9.17) is 4.74 Å². The summed E-state index contributed by atoms with van der Waals surface area (Å²) in [6.45, 7) is 9.69. The molecular formula is C20H31N3O2. The van der Waals surface area contributed by atoms with Crippen LogP contribution in [-0.4, -0.2) is 48.6 Å². The third kappa shape index (κ3) is 4.59. The average Bonchev–Trinajstić information content (AvgIpc) is 3.12. The van der Waals surface area contributed by atoms with Crippen LogP contribution < -0.4 is 5.32 Å². The van der Waals surface area contributed by atoms with E-state index < -0.39 is 0 Å². The van der Waals surface area contributed by atoms with Crippen LogP contribution in [0.25, 0.3) is 0 Å². The number of nitrogens with one attached hydrogen (secondary N) is 1. The van der Waals surface area contributed by atoms with Crippen molar-refractivity contribution in [2.45, 2.75) is 46.1 Å². The number of ether oxygens (including phenoxy) is 1. The zero-order chi connectivity index (χ0) is 17.7. The van der Waals surface area contributed by atoms with Crippen LogP contribution in [-0.2, 0) is 11.3 Å². The van der Waals surface area contributed by atoms with Crippen LogP contribution in [0.2, 0.25) is 0 Å². The van der Waals surface area contributed by atoms with E-state index >= 15 is 0 Å². The second-order valence-corrected chi connectivity index (χ2v) is 7.85. The summed E-state index contributed by atoms with van der Waals surface area (Å²) in [5.74, 6) is 0.545. The van der Waals surface area contributed by atoms with Gasteiger partial charge in [0.15, 0.2) is 0 Å². The van der Waals surface area contributed by atoms with Crippen molar-refractivity contribution in [1.29, 1.82) is 0 Å². The van der Waals surface area contributed by atoms with Crippen LogP contribution in [0.3, 0.4) is 0 Å². The molecule has 25 heavy (non-hydrogen) atoms. The van der Waals surface area contributed by atoms with Gasteiger partial charge in [-0.2, -0.15) is 0 Å². The fourth-order valence-electron chi connectivity index (χ4n) is 4.05. The highest BCUT2D eigenvalue weighted by atomic mass is 16.5. The maximum absolute atomic E-state index is 12.5. The van der Waals surface area contributed by atoms with Gasteiger partial charge < -0.3 is 10.1 Å². The van der Waals surface area contributed by atoms with E-state index in [2.05, 4.69) is 29.0 Å². The molecule has 1 aliphatic heterocycles. The third-order valence-corrected chi connectivity index (χ3v) is 5.99. The van der Waals surface area contributed by atoms with Gasteiger partial charge in [0.05, 0.1) is 13.2 Å². The molecule has 0 unspecified atom stereocenters. The molecule has 1 aromatic rings. The number of aromatic nitrogens is 1. The van der Waals surface area contributed by atoms with Crippen molar-refractivity contribution >= 4 is 5.91 Å². The van der Waals surface area contributed by atoms with Crippen molar-refractivity contribution in [3.05, 3.63) is 29.6 Å². The molecule has 3 rings (SSSR count). The highest BCUT2D eigenvalue weighted by molar-refractivity contribution is 5.92. The molecule has 0 spiro atoms. The zero-order valence-electron chi connectivity index (χ0n) is 15.6. The Hall–Kier alpha value is -1.46. The van der Waals surface area contributed by atoms with Gasteiger partial charge in [-0.25, -0.2) is 0 Å². The Morgan fingerprint density at radius 1 is 1.28 bits per heavy atom. The first-order chi connectivity index (χ1) is 12.1. The van der Waals surface area contributed by atoms with Crippen molar-refractivity contribution < 1.29 is 9.53 Å². The lowest BCUT2D eigenvalue weighted by atomic mass is 9.75. The minimum Gasteiger partial charge on any atom is -0.379 e. The molecule has 1 amide bonds. The number of morpholine rings is 1. The molecule has 1 saturated carbocycles. The smallest absolute Gasteiger partial charge is 0.269 e. The standard InChI is InChI=1S/C20H31N3O2/c1-16(2)20(7-3-4-8-20)15-22-19(24)18-6-5-17(13-21-18)14-23-9-11-25-12-10-23/h5-6,13,16H,3-4,7-12,14-15H2,1-2H3,(H,22,24). The van der Waals surface area contributed by atoms with Gasteiger partial charge in [0.1, 0.15) is 5.69 Å². The van der Waals surface area contributed by atoms with Crippen molar-refractivity contribution in [2.75, 3.05) is 32.8 Å². The Morgan fingerprint density at radius 3 is 2.60 bits per heavy atom. The van der Waals surface area contributed by atoms with E-state index in [1.807, 2.05) is 18.3 Å². The number of hydrogen-bond donors (Lipinski definition) is 1. The van der Waals surface area contributed by atoms with Crippen molar-refractivity contribution in [2.24, 2.45) is 11.3 Å². The molecular weight excluding hydrogens is 314 g/mol. The summed E-state index contributed by atoms with van der Waals surface area (Å²) < 4.78 is 5.37. The van der Waals surface area contributed by atoms with Gasteiger partial charge in [-0.05, 0) is 35.8 Å². The van der Waals surface area contributed by atoms with E-state index in [1.165, 1.54) is 25.7 Å². The van der Waals surface area contributed by atoms with Crippen molar-refractivity contribution in [3.63, 3.8) is 0 Å². The lowest BCUT2D eigenvalue weighted by Gasteiger charge is -2.33. The number of nitrogens with zero attached hydrogens (tertiary/aromatic N) is 2. The molecule has 2 heterocycles. The van der Waals surface area contributed by atoms with Crippen LogP contribution in [0.15, 0.2) is 18.3 Å². The van der Waals surface area contributed by atoms with Crippen LogP contribution in [0, 0.1) is 11.3 Å². The second kappa shape index (κ2) is 8.28. The van der Waals surface area contributed by atoms with Gasteiger partial charge in [0.25, 0.3) is 5.91 Å². The highest BCUT2D eigenvalue weighted by Gasteiger charge is 2.37. The predicted octanol–water partition coefficient (Wildman–Crippen LogP) is 2.86. The van der Waals surface area contributed by atoms with E-state index in [0.717, 1.165) is 45.0 Å². The molecule has 5 heteroatoms. The summed E-state index contributed by atoms with van der Waals surface area (Å²) in [5.41, 5.74) is 1.93. The highest BCUT2D eigenvalue weighted by Crippen LogP contribution is 2.43. The van der Waals surface area contributed by atoms with Gasteiger partial charge >= 0.3 is 0 Å². The van der Waals surface area contributed by atoms with Crippen molar-refractivity contribution in [1.82, 2.24) is 15.2 Å². The van der Waals surface area contributed by atoms with E-state index in [9.17, 15) is 4.79 Å². The molecule has 0 atom stereocenters. The Bertz CT molecular complexity index is 559. The minimum atomic E-state index is -0.0511. The summed E-state index contributed by atoms with van der Waals surface area (Å²) in [5, 5.41) is 3.14. The molecule has 1 N–H and O–H groups in total.